The third kappa shape index (κ3) is 11.0. The highest BCUT2D eigenvalue weighted by Crippen LogP contribution is 2.42. The SMILES string of the molecule is COc1ccc(OC)c([C@@H]2O[C@H](COCc3cn([C@@H](Cc4ccccc4)C(=O)O)nn3)[C@@H](OCc3ccccc3)[C@H](OCc3ccccc3)[C@H]2OCc2ccccc2)c1. The van der Waals surface area contributed by atoms with Crippen molar-refractivity contribution < 1.29 is 43.1 Å². The molecule has 0 spiro atoms. The van der Waals surface area contributed by atoms with E-state index in [-0.39, 0.29) is 39.5 Å². The molecule has 6 aromatic rings. The molecule has 306 valence electrons. The van der Waals surface area contributed by atoms with Crippen LogP contribution in [0.5, 0.6) is 11.5 Å². The molecule has 0 radical (unpaired) electrons. The van der Waals surface area contributed by atoms with E-state index < -0.39 is 42.5 Å². The van der Waals surface area contributed by atoms with E-state index in [4.69, 9.17) is 33.2 Å². The Morgan fingerprint density at radius 3 is 1.76 bits per heavy atom. The molecule has 1 saturated heterocycles. The Balaban J connectivity index is 1.21. The highest BCUT2D eigenvalue weighted by atomic mass is 16.6. The van der Waals surface area contributed by atoms with Crippen molar-refractivity contribution in [1.82, 2.24) is 15.0 Å². The van der Waals surface area contributed by atoms with E-state index >= 15 is 0 Å². The average molecular weight is 800 g/mol. The number of carbonyl (C=O) groups is 1. The number of aliphatic carboxylic acids is 1. The number of benzene rings is 5. The molecule has 1 fully saturated rings. The summed E-state index contributed by atoms with van der Waals surface area (Å²) in [7, 11) is 3.23. The van der Waals surface area contributed by atoms with Gasteiger partial charge in [0.1, 0.15) is 47.7 Å². The summed E-state index contributed by atoms with van der Waals surface area (Å²) in [5.74, 6) is 0.206. The van der Waals surface area contributed by atoms with E-state index in [0.29, 0.717) is 22.8 Å². The first-order valence-corrected chi connectivity index (χ1v) is 19.6. The van der Waals surface area contributed by atoms with E-state index in [1.807, 2.05) is 140 Å². The lowest BCUT2D eigenvalue weighted by molar-refractivity contribution is -0.275. The van der Waals surface area contributed by atoms with E-state index in [2.05, 4.69) is 10.3 Å². The van der Waals surface area contributed by atoms with E-state index in [1.54, 1.807) is 20.4 Å². The lowest BCUT2D eigenvalue weighted by Gasteiger charge is -2.46. The van der Waals surface area contributed by atoms with Crippen molar-refractivity contribution in [2.75, 3.05) is 20.8 Å². The van der Waals surface area contributed by atoms with Gasteiger partial charge in [0.15, 0.2) is 6.04 Å². The first-order valence-electron chi connectivity index (χ1n) is 19.6. The standard InChI is InChI=1S/C47H49N3O9/c1-53-38-23-24-41(54-2)39(26-38)43-45(57-29-35-19-11-5-12-20-35)46(58-30-36-21-13-6-14-22-36)44(56-28-34-17-9-4-10-18-34)42(59-43)32-55-31-37-27-50(49-48-37)40(47(51)52)25-33-15-7-3-8-16-33/h3-24,26-27,40,42-46H,25,28-32H2,1-2H3,(H,51,52)/t40-,42+,43-,44+,45-,46-/m0/s1. The zero-order chi connectivity index (χ0) is 40.8. The molecule has 0 bridgehead atoms. The number of methoxy groups -OCH3 is 2. The summed E-state index contributed by atoms with van der Waals surface area (Å²) in [4.78, 5) is 12.3. The highest BCUT2D eigenvalue weighted by Gasteiger charge is 2.50. The number of hydrogen-bond acceptors (Lipinski definition) is 10. The maximum absolute atomic E-state index is 12.3. The Kier molecular flexibility index (Phi) is 14.5. The maximum atomic E-state index is 12.3. The number of ether oxygens (including phenoxy) is 7. The molecule has 12 nitrogen and oxygen atoms in total. The fourth-order valence-electron chi connectivity index (χ4n) is 7.18. The van der Waals surface area contributed by atoms with Crippen LogP contribution in [0.2, 0.25) is 0 Å². The van der Waals surface area contributed by atoms with Crippen LogP contribution in [0.1, 0.15) is 45.7 Å². The Labute approximate surface area is 344 Å². The second-order valence-corrected chi connectivity index (χ2v) is 14.2. The zero-order valence-electron chi connectivity index (χ0n) is 33.1. The third-order valence-electron chi connectivity index (χ3n) is 10.2. The highest BCUT2D eigenvalue weighted by molar-refractivity contribution is 5.72. The molecule has 59 heavy (non-hydrogen) atoms. The largest absolute Gasteiger partial charge is 0.497 e. The maximum Gasteiger partial charge on any atom is 0.328 e. The number of aromatic nitrogens is 3. The molecule has 0 saturated carbocycles. The van der Waals surface area contributed by atoms with Crippen molar-refractivity contribution in [3.05, 3.63) is 179 Å². The van der Waals surface area contributed by atoms with Gasteiger partial charge in [-0.25, -0.2) is 9.48 Å². The summed E-state index contributed by atoms with van der Waals surface area (Å²) in [5, 5.41) is 18.5. The van der Waals surface area contributed by atoms with Crippen molar-refractivity contribution in [3.8, 4) is 11.5 Å². The molecule has 0 aliphatic carbocycles. The molecule has 2 heterocycles. The van der Waals surface area contributed by atoms with Crippen LogP contribution in [0.4, 0.5) is 0 Å². The quantitative estimate of drug-likeness (QED) is 0.0820. The minimum atomic E-state index is -1.01. The summed E-state index contributed by atoms with van der Waals surface area (Å²) < 4.78 is 46.9. The Hall–Kier alpha value is -5.89. The molecular weight excluding hydrogens is 751 g/mol. The molecule has 6 atom stereocenters. The van der Waals surface area contributed by atoms with Gasteiger partial charge in [0.2, 0.25) is 0 Å². The van der Waals surface area contributed by atoms with Crippen LogP contribution < -0.4 is 9.47 Å². The predicted octanol–water partition coefficient (Wildman–Crippen LogP) is 7.58. The number of carboxylic acids is 1. The van der Waals surface area contributed by atoms with Crippen LogP contribution in [-0.4, -0.2) is 71.3 Å². The van der Waals surface area contributed by atoms with Gasteiger partial charge in [-0.15, -0.1) is 5.10 Å². The minimum absolute atomic E-state index is 0.0412. The second kappa shape index (κ2) is 20.7. The fourth-order valence-corrected chi connectivity index (χ4v) is 7.18. The van der Waals surface area contributed by atoms with Gasteiger partial charge in [-0.3, -0.25) is 0 Å². The number of carboxylic acid groups (broad SMARTS) is 1. The fraction of sp³-hybridized carbons (Fsp3) is 0.298. The second-order valence-electron chi connectivity index (χ2n) is 14.2. The molecule has 1 aromatic heterocycles. The summed E-state index contributed by atoms with van der Waals surface area (Å²) in [6, 6.07) is 43.9. The van der Waals surface area contributed by atoms with Crippen LogP contribution in [0.3, 0.4) is 0 Å². The van der Waals surface area contributed by atoms with Gasteiger partial charge in [0.05, 0.1) is 53.5 Å². The average Bonchev–Trinajstić information content (AvgIpc) is 3.75. The molecular formula is C47H49N3O9. The summed E-state index contributed by atoms with van der Waals surface area (Å²) in [5.41, 5.74) is 5.01. The van der Waals surface area contributed by atoms with E-state index in [0.717, 1.165) is 22.3 Å². The van der Waals surface area contributed by atoms with Crippen molar-refractivity contribution in [2.24, 2.45) is 0 Å². The molecule has 1 aliphatic rings. The third-order valence-corrected chi connectivity index (χ3v) is 10.2. The van der Waals surface area contributed by atoms with Gasteiger partial charge in [-0.2, -0.15) is 0 Å². The van der Waals surface area contributed by atoms with Crippen LogP contribution in [-0.2, 0) is 61.3 Å². The summed E-state index contributed by atoms with van der Waals surface area (Å²) >= 11 is 0. The zero-order valence-corrected chi connectivity index (χ0v) is 33.1. The van der Waals surface area contributed by atoms with Gasteiger partial charge in [0.25, 0.3) is 0 Å². The van der Waals surface area contributed by atoms with Crippen LogP contribution in [0, 0.1) is 0 Å². The number of nitrogens with zero attached hydrogens (tertiary/aromatic N) is 3. The Morgan fingerprint density at radius 2 is 1.22 bits per heavy atom. The number of hydrogen-bond donors (Lipinski definition) is 1. The van der Waals surface area contributed by atoms with Crippen molar-refractivity contribution in [1.29, 1.82) is 0 Å². The topological polar surface area (TPSA) is 133 Å². The molecule has 12 heteroatoms. The molecule has 1 aliphatic heterocycles. The molecule has 7 rings (SSSR count). The van der Waals surface area contributed by atoms with E-state index in [9.17, 15) is 9.90 Å². The van der Waals surface area contributed by atoms with Crippen molar-refractivity contribution in [3.63, 3.8) is 0 Å². The van der Waals surface area contributed by atoms with Gasteiger partial charge in [0, 0.05) is 12.0 Å². The first kappa shape index (κ1) is 41.3. The van der Waals surface area contributed by atoms with Gasteiger partial charge < -0.3 is 38.3 Å². The molecule has 0 unspecified atom stereocenters. The van der Waals surface area contributed by atoms with Gasteiger partial charge in [-0.05, 0) is 40.5 Å². The van der Waals surface area contributed by atoms with Crippen LogP contribution >= 0.6 is 0 Å². The Bertz CT molecular complexity index is 2170. The predicted molar refractivity (Wildman–Crippen MR) is 219 cm³/mol. The van der Waals surface area contributed by atoms with Crippen LogP contribution in [0.25, 0.3) is 0 Å². The van der Waals surface area contributed by atoms with Gasteiger partial charge >= 0.3 is 5.97 Å². The smallest absolute Gasteiger partial charge is 0.328 e. The number of rotatable bonds is 20. The van der Waals surface area contributed by atoms with E-state index in [1.165, 1.54) is 4.68 Å². The molecule has 0 amide bonds. The lowest BCUT2D eigenvalue weighted by Crippen LogP contribution is -2.58. The monoisotopic (exact) mass is 799 g/mol. The molecule has 1 N–H and O–H groups in total. The lowest BCUT2D eigenvalue weighted by atomic mass is 9.89. The first-order chi connectivity index (χ1) is 29.0. The summed E-state index contributed by atoms with van der Waals surface area (Å²) in [6.07, 6.45) is -1.57. The van der Waals surface area contributed by atoms with Crippen molar-refractivity contribution >= 4 is 5.97 Å². The van der Waals surface area contributed by atoms with Crippen LogP contribution in [0.15, 0.2) is 146 Å². The minimum Gasteiger partial charge on any atom is -0.497 e. The normalized spacial score (nSPS) is 19.5. The molecule has 5 aromatic carbocycles. The van der Waals surface area contributed by atoms with Gasteiger partial charge in [-0.1, -0.05) is 127 Å². The Morgan fingerprint density at radius 1 is 0.678 bits per heavy atom. The van der Waals surface area contributed by atoms with Crippen molar-refractivity contribution in [2.45, 2.75) is 69.4 Å². The summed E-state index contributed by atoms with van der Waals surface area (Å²) in [6.45, 7) is 0.958.